The average molecular weight is 763 g/mol. The largest absolute Gasteiger partial charge is 0.446 e. The number of aliphatic hydroxyl groups excluding tert-OH is 1. The van der Waals surface area contributed by atoms with Crippen LogP contribution in [0.4, 0.5) is 9.18 Å². The van der Waals surface area contributed by atoms with Gasteiger partial charge in [-0.2, -0.15) is 12.7 Å². The van der Waals surface area contributed by atoms with Crippen LogP contribution in [0.15, 0.2) is 18.2 Å². The first-order chi connectivity index (χ1) is 25.4. The fourth-order valence-corrected chi connectivity index (χ4v) is 9.82. The van der Waals surface area contributed by atoms with Gasteiger partial charge in [0.1, 0.15) is 29.5 Å². The number of carbonyl (C=O) groups excluding carboxylic acids is 4. The Labute approximate surface area is 309 Å². The Morgan fingerprint density at radius 2 is 1.68 bits per heavy atom. The van der Waals surface area contributed by atoms with Crippen LogP contribution in [-0.4, -0.2) is 107 Å². The number of amides is 4. The van der Waals surface area contributed by atoms with Gasteiger partial charge in [0, 0.05) is 44.7 Å². The van der Waals surface area contributed by atoms with Crippen molar-refractivity contribution >= 4 is 34.0 Å². The number of carbonyl (C=O) groups is 4. The molecule has 53 heavy (non-hydrogen) atoms. The highest BCUT2D eigenvalue weighted by Gasteiger charge is 2.62. The Balaban J connectivity index is 1.11. The summed E-state index contributed by atoms with van der Waals surface area (Å²) in [6.07, 6.45) is 5.95. The summed E-state index contributed by atoms with van der Waals surface area (Å²) < 4.78 is 55.4. The van der Waals surface area contributed by atoms with E-state index >= 15 is 0 Å². The number of aliphatic hydroxyl groups is 1. The second-order valence-electron chi connectivity index (χ2n) is 15.5. The molecular weight excluding hydrogens is 711 g/mol. The SMILES string of the molecule is O=C(N[C@H]1CCCCCCC[C@@H]2C[C@@]2(C(=O)NS(=O)(=O)N2CCC2)NC(=O)[C@@H]2C[C@@H](OC(O)N3Cc4cccc(F)c4C3)CN2C1=O)OC1CCCC1. The number of halogens is 1. The van der Waals surface area contributed by atoms with E-state index in [2.05, 4.69) is 15.4 Å². The minimum atomic E-state index is -4.08. The zero-order valence-electron chi connectivity index (χ0n) is 30.0. The molecular formula is C36H51FN6O9S. The van der Waals surface area contributed by atoms with E-state index in [1.807, 2.05) is 0 Å². The van der Waals surface area contributed by atoms with E-state index in [-0.39, 0.29) is 50.3 Å². The van der Waals surface area contributed by atoms with E-state index < -0.39 is 64.2 Å². The first-order valence-corrected chi connectivity index (χ1v) is 20.6. The zero-order chi connectivity index (χ0) is 37.3. The minimum Gasteiger partial charge on any atom is -0.446 e. The molecule has 7 rings (SSSR count). The maximum atomic E-state index is 14.5. The molecule has 2 aliphatic carbocycles. The van der Waals surface area contributed by atoms with Gasteiger partial charge in [-0.1, -0.05) is 44.2 Å². The quantitative estimate of drug-likeness (QED) is 0.286. The molecule has 1 aromatic rings. The molecule has 0 bridgehead atoms. The van der Waals surface area contributed by atoms with Crippen LogP contribution in [0.3, 0.4) is 0 Å². The topological polar surface area (TPSA) is 187 Å². The van der Waals surface area contributed by atoms with Gasteiger partial charge in [-0.25, -0.2) is 18.8 Å². The number of benzene rings is 1. The van der Waals surface area contributed by atoms with Crippen LogP contribution < -0.4 is 15.4 Å². The first-order valence-electron chi connectivity index (χ1n) is 19.2. The van der Waals surface area contributed by atoms with Crippen molar-refractivity contribution in [2.45, 2.75) is 139 Å². The van der Waals surface area contributed by atoms with Crippen LogP contribution >= 0.6 is 0 Å². The normalized spacial score (nSPS) is 30.9. The second-order valence-corrected chi connectivity index (χ2v) is 17.2. The van der Waals surface area contributed by atoms with E-state index in [9.17, 15) is 37.1 Å². The first kappa shape index (κ1) is 37.9. The summed E-state index contributed by atoms with van der Waals surface area (Å²) >= 11 is 0. The van der Waals surface area contributed by atoms with E-state index in [0.717, 1.165) is 56.9 Å². The Bertz CT molecular complexity index is 1670. The summed E-state index contributed by atoms with van der Waals surface area (Å²) in [4.78, 5) is 58.4. The maximum Gasteiger partial charge on any atom is 0.408 e. The van der Waals surface area contributed by atoms with Crippen molar-refractivity contribution in [3.05, 3.63) is 35.1 Å². The molecule has 1 unspecified atom stereocenters. The number of hydrogen-bond acceptors (Lipinski definition) is 10. The summed E-state index contributed by atoms with van der Waals surface area (Å²) in [5.41, 5.74) is -0.296. The van der Waals surface area contributed by atoms with Gasteiger partial charge < -0.3 is 30.1 Å². The molecule has 5 fully saturated rings. The molecule has 4 heterocycles. The van der Waals surface area contributed by atoms with Crippen LogP contribution in [0.5, 0.6) is 0 Å². The van der Waals surface area contributed by atoms with E-state index in [0.29, 0.717) is 44.3 Å². The number of nitrogens with zero attached hydrogens (tertiary/aromatic N) is 3. The van der Waals surface area contributed by atoms with Gasteiger partial charge in [-0.05, 0) is 68.9 Å². The summed E-state index contributed by atoms with van der Waals surface area (Å²) in [7, 11) is -4.08. The third-order valence-electron chi connectivity index (χ3n) is 11.9. The molecule has 0 spiro atoms. The van der Waals surface area contributed by atoms with Crippen LogP contribution in [0.2, 0.25) is 0 Å². The molecule has 0 radical (unpaired) electrons. The Kier molecular flexibility index (Phi) is 11.3. The van der Waals surface area contributed by atoms with Crippen LogP contribution in [0.1, 0.15) is 101 Å². The third kappa shape index (κ3) is 8.33. The monoisotopic (exact) mass is 762 g/mol. The fraction of sp³-hybridized carbons (Fsp3) is 0.722. The molecule has 4 aliphatic heterocycles. The van der Waals surface area contributed by atoms with E-state index in [1.54, 1.807) is 17.0 Å². The van der Waals surface area contributed by atoms with E-state index in [1.165, 1.54) is 15.3 Å². The van der Waals surface area contributed by atoms with Gasteiger partial charge in [0.2, 0.25) is 18.2 Å². The summed E-state index contributed by atoms with van der Waals surface area (Å²) in [5.74, 6) is -2.66. The van der Waals surface area contributed by atoms with Gasteiger partial charge in [-0.15, -0.1) is 0 Å². The van der Waals surface area contributed by atoms with Gasteiger partial charge in [0.05, 0.1) is 6.10 Å². The minimum absolute atomic E-state index is 0.0442. The number of fused-ring (bicyclic) bond motifs is 3. The predicted octanol–water partition coefficient (Wildman–Crippen LogP) is 2.13. The number of nitrogens with one attached hydrogen (secondary N) is 3. The molecule has 1 aromatic carbocycles. The molecule has 6 aliphatic rings. The maximum absolute atomic E-state index is 14.5. The fourth-order valence-electron chi connectivity index (χ4n) is 8.54. The zero-order valence-corrected chi connectivity index (χ0v) is 30.8. The molecule has 2 saturated carbocycles. The van der Waals surface area contributed by atoms with Gasteiger partial charge >= 0.3 is 16.3 Å². The molecule has 4 N–H and O–H groups in total. The molecule has 17 heteroatoms. The van der Waals surface area contributed by atoms with Crippen molar-refractivity contribution in [3.8, 4) is 0 Å². The molecule has 15 nitrogen and oxygen atoms in total. The molecule has 292 valence electrons. The van der Waals surface area contributed by atoms with Crippen LogP contribution in [0, 0.1) is 11.7 Å². The standard InChI is InChI=1S/C36H51FN6O9S/c37-28-14-8-10-23-20-41(22-27(23)28)35(48)52-26-18-30-31(44)39-36(33(46)40-53(49,50)42-16-9-17-42)19-24(36)11-4-2-1-3-5-15-29(32(45)43(30)21-26)38-34(47)51-25-12-6-7-13-25/h8,10,14,24-26,29-30,35,48H,1-7,9,11-13,15-22H2,(H,38,47)(H,39,44)(H,40,46)/t24-,26-,29+,30+,35?,36-/m1/s1. The highest BCUT2D eigenvalue weighted by atomic mass is 32.2. The number of hydrogen-bond donors (Lipinski definition) is 4. The molecule has 3 saturated heterocycles. The lowest BCUT2D eigenvalue weighted by molar-refractivity contribution is -0.218. The lowest BCUT2D eigenvalue weighted by atomic mass is 10.0. The number of ether oxygens (including phenoxy) is 2. The van der Waals surface area contributed by atoms with Crippen molar-refractivity contribution in [1.29, 1.82) is 0 Å². The van der Waals surface area contributed by atoms with Crippen molar-refractivity contribution < 1.29 is 46.6 Å². The predicted molar refractivity (Wildman–Crippen MR) is 187 cm³/mol. The lowest BCUT2D eigenvalue weighted by Gasteiger charge is -2.31. The smallest absolute Gasteiger partial charge is 0.408 e. The highest BCUT2D eigenvalue weighted by Crippen LogP contribution is 2.48. The van der Waals surface area contributed by atoms with Gasteiger partial charge in [0.15, 0.2) is 0 Å². The van der Waals surface area contributed by atoms with E-state index in [4.69, 9.17) is 9.47 Å². The van der Waals surface area contributed by atoms with Gasteiger partial charge in [0.25, 0.3) is 5.91 Å². The summed E-state index contributed by atoms with van der Waals surface area (Å²) in [5, 5.41) is 16.8. The van der Waals surface area contributed by atoms with Crippen molar-refractivity contribution in [2.24, 2.45) is 5.92 Å². The Morgan fingerprint density at radius 3 is 2.40 bits per heavy atom. The molecule has 4 amide bonds. The molecule has 6 atom stereocenters. The Hall–Kier alpha value is -3.38. The number of rotatable bonds is 8. The lowest BCUT2D eigenvalue weighted by Crippen LogP contribution is -2.59. The Morgan fingerprint density at radius 1 is 0.962 bits per heavy atom. The summed E-state index contributed by atoms with van der Waals surface area (Å²) in [6, 6.07) is 2.57. The highest BCUT2D eigenvalue weighted by molar-refractivity contribution is 7.87. The van der Waals surface area contributed by atoms with Crippen molar-refractivity contribution in [3.63, 3.8) is 0 Å². The molecule has 0 aromatic heterocycles. The van der Waals surface area contributed by atoms with Crippen molar-refractivity contribution in [1.82, 2.24) is 29.5 Å². The third-order valence-corrected chi connectivity index (χ3v) is 13.4. The number of alkyl carbamates (subject to hydrolysis) is 1. The van der Waals surface area contributed by atoms with Crippen LogP contribution in [0.25, 0.3) is 0 Å². The summed E-state index contributed by atoms with van der Waals surface area (Å²) in [6.45, 7) is 0.850. The average Bonchev–Trinajstić information content (AvgIpc) is 3.51. The van der Waals surface area contributed by atoms with Crippen LogP contribution in [-0.2, 0) is 47.2 Å². The second kappa shape index (κ2) is 15.8. The van der Waals surface area contributed by atoms with Crippen molar-refractivity contribution in [2.75, 3.05) is 19.6 Å². The van der Waals surface area contributed by atoms with Gasteiger partial charge in [-0.3, -0.25) is 14.4 Å².